The van der Waals surface area contributed by atoms with Gasteiger partial charge in [-0.1, -0.05) is 24.1 Å². The van der Waals surface area contributed by atoms with Crippen molar-refractivity contribution in [2.24, 2.45) is 0 Å². The minimum atomic E-state index is 0.678. The van der Waals surface area contributed by atoms with E-state index in [0.717, 1.165) is 23.7 Å². The number of hydrogen-bond donors (Lipinski definition) is 1. The second-order valence-corrected chi connectivity index (χ2v) is 7.55. The molecule has 0 spiro atoms. The molecule has 1 N–H and O–H groups in total. The summed E-state index contributed by atoms with van der Waals surface area (Å²) in [5.41, 5.74) is 3.17. The Morgan fingerprint density at radius 1 is 1.21 bits per heavy atom. The van der Waals surface area contributed by atoms with Crippen molar-refractivity contribution in [3.05, 3.63) is 57.9 Å². The highest BCUT2D eigenvalue weighted by Gasteiger charge is 2.22. The smallest absolute Gasteiger partial charge is 0.226 e. The molecule has 1 aliphatic rings. The SMILES string of the molecule is Cc1ccc(-c2nc(CNCc3cnc(C4CCC4)s3)co2)cc1. The zero-order valence-corrected chi connectivity index (χ0v) is 14.6. The van der Waals surface area contributed by atoms with E-state index < -0.39 is 0 Å². The van der Waals surface area contributed by atoms with Crippen LogP contribution in [0, 0.1) is 6.92 Å². The van der Waals surface area contributed by atoms with Crippen LogP contribution in [0.15, 0.2) is 41.1 Å². The second-order valence-electron chi connectivity index (χ2n) is 6.41. The fraction of sp³-hybridized carbons (Fsp3) is 0.368. The molecule has 0 bridgehead atoms. The molecule has 0 aliphatic heterocycles. The quantitative estimate of drug-likeness (QED) is 0.709. The van der Waals surface area contributed by atoms with Gasteiger partial charge in [0, 0.05) is 35.6 Å². The van der Waals surface area contributed by atoms with Crippen molar-refractivity contribution in [1.82, 2.24) is 15.3 Å². The normalized spacial score (nSPS) is 14.7. The van der Waals surface area contributed by atoms with Gasteiger partial charge < -0.3 is 9.73 Å². The van der Waals surface area contributed by atoms with Crippen LogP contribution in [0.3, 0.4) is 0 Å². The third-order valence-corrected chi connectivity index (χ3v) is 5.64. The summed E-state index contributed by atoms with van der Waals surface area (Å²) in [7, 11) is 0. The Morgan fingerprint density at radius 2 is 2.04 bits per heavy atom. The molecule has 24 heavy (non-hydrogen) atoms. The summed E-state index contributed by atoms with van der Waals surface area (Å²) in [6.07, 6.45) is 7.70. The number of nitrogens with one attached hydrogen (secondary N) is 1. The fourth-order valence-corrected chi connectivity index (χ4v) is 3.84. The van der Waals surface area contributed by atoms with Crippen molar-refractivity contribution >= 4 is 11.3 Å². The van der Waals surface area contributed by atoms with Crippen LogP contribution in [0.4, 0.5) is 0 Å². The minimum Gasteiger partial charge on any atom is -0.444 e. The lowest BCUT2D eigenvalue weighted by Crippen LogP contribution is -2.12. The largest absolute Gasteiger partial charge is 0.444 e. The molecule has 2 aromatic heterocycles. The predicted octanol–water partition coefficient (Wildman–Crippen LogP) is 4.66. The number of rotatable bonds is 6. The first-order valence-electron chi connectivity index (χ1n) is 8.45. The maximum absolute atomic E-state index is 5.59. The van der Waals surface area contributed by atoms with E-state index in [4.69, 9.17) is 4.42 Å². The molecule has 0 radical (unpaired) electrons. The van der Waals surface area contributed by atoms with Crippen molar-refractivity contribution in [1.29, 1.82) is 0 Å². The molecule has 0 amide bonds. The van der Waals surface area contributed by atoms with Crippen LogP contribution >= 0.6 is 11.3 Å². The van der Waals surface area contributed by atoms with Crippen molar-refractivity contribution in [3.8, 4) is 11.5 Å². The van der Waals surface area contributed by atoms with Crippen LogP contribution in [0.25, 0.3) is 11.5 Å². The standard InChI is InChI=1S/C19H21N3OS/c1-13-5-7-14(8-6-13)18-22-16(12-23-18)9-20-10-17-11-21-19(24-17)15-3-2-4-15/h5-8,11-12,15,20H,2-4,9-10H2,1H3. The monoisotopic (exact) mass is 339 g/mol. The molecule has 1 fully saturated rings. The second kappa shape index (κ2) is 6.87. The molecule has 4 rings (SSSR count). The Kier molecular flexibility index (Phi) is 4.45. The van der Waals surface area contributed by atoms with Crippen LogP contribution in [0.1, 0.15) is 46.3 Å². The Morgan fingerprint density at radius 3 is 2.79 bits per heavy atom. The lowest BCUT2D eigenvalue weighted by molar-refractivity contribution is 0.418. The Labute approximate surface area is 146 Å². The Hall–Kier alpha value is -1.98. The number of aromatic nitrogens is 2. The number of nitrogens with zero attached hydrogens (tertiary/aromatic N) is 2. The van der Waals surface area contributed by atoms with E-state index in [1.807, 2.05) is 29.7 Å². The zero-order valence-electron chi connectivity index (χ0n) is 13.8. The van der Waals surface area contributed by atoms with E-state index in [1.165, 1.54) is 34.7 Å². The van der Waals surface area contributed by atoms with Crippen molar-refractivity contribution in [2.75, 3.05) is 0 Å². The minimum absolute atomic E-state index is 0.678. The summed E-state index contributed by atoms with van der Waals surface area (Å²) < 4.78 is 5.59. The molecule has 4 nitrogen and oxygen atoms in total. The number of oxazole rings is 1. The van der Waals surface area contributed by atoms with Gasteiger partial charge in [0.25, 0.3) is 0 Å². The van der Waals surface area contributed by atoms with E-state index >= 15 is 0 Å². The predicted molar refractivity (Wildman–Crippen MR) is 95.9 cm³/mol. The van der Waals surface area contributed by atoms with Crippen molar-refractivity contribution < 1.29 is 4.42 Å². The molecule has 2 heterocycles. The van der Waals surface area contributed by atoms with Gasteiger partial charge in [-0.15, -0.1) is 11.3 Å². The first-order valence-corrected chi connectivity index (χ1v) is 9.26. The molecule has 1 saturated carbocycles. The molecule has 5 heteroatoms. The van der Waals surface area contributed by atoms with Gasteiger partial charge in [-0.3, -0.25) is 0 Å². The molecule has 0 saturated heterocycles. The molecular formula is C19H21N3OS. The summed E-state index contributed by atoms with van der Waals surface area (Å²) >= 11 is 1.84. The lowest BCUT2D eigenvalue weighted by Gasteiger charge is -2.22. The highest BCUT2D eigenvalue weighted by atomic mass is 32.1. The molecule has 0 unspecified atom stereocenters. The van der Waals surface area contributed by atoms with Crippen LogP contribution in [-0.2, 0) is 13.1 Å². The molecule has 0 atom stereocenters. The van der Waals surface area contributed by atoms with Gasteiger partial charge in [-0.05, 0) is 31.9 Å². The van der Waals surface area contributed by atoms with Gasteiger partial charge in [0.2, 0.25) is 5.89 Å². The van der Waals surface area contributed by atoms with Crippen LogP contribution < -0.4 is 5.32 Å². The van der Waals surface area contributed by atoms with Gasteiger partial charge in [-0.2, -0.15) is 0 Å². The maximum atomic E-state index is 5.59. The van der Waals surface area contributed by atoms with Gasteiger partial charge in [0.15, 0.2) is 0 Å². The van der Waals surface area contributed by atoms with Gasteiger partial charge in [0.05, 0.1) is 10.7 Å². The summed E-state index contributed by atoms with van der Waals surface area (Å²) in [5.74, 6) is 1.40. The van der Waals surface area contributed by atoms with Crippen molar-refractivity contribution in [2.45, 2.75) is 45.2 Å². The molecule has 1 aromatic carbocycles. The zero-order chi connectivity index (χ0) is 16.4. The number of aryl methyl sites for hydroxylation is 1. The topological polar surface area (TPSA) is 51.0 Å². The third-order valence-electron chi connectivity index (χ3n) is 4.48. The van der Waals surface area contributed by atoms with E-state index in [0.29, 0.717) is 12.4 Å². The summed E-state index contributed by atoms with van der Waals surface area (Å²) in [6, 6.07) is 8.22. The van der Waals surface area contributed by atoms with E-state index in [2.05, 4.69) is 34.3 Å². The lowest BCUT2D eigenvalue weighted by atomic mass is 9.86. The number of hydrogen-bond acceptors (Lipinski definition) is 5. The number of thiazole rings is 1. The Bertz CT molecular complexity index is 802. The first kappa shape index (κ1) is 15.5. The average molecular weight is 339 g/mol. The van der Waals surface area contributed by atoms with Crippen LogP contribution in [0.5, 0.6) is 0 Å². The molecule has 1 aliphatic carbocycles. The van der Waals surface area contributed by atoms with E-state index in [-0.39, 0.29) is 0 Å². The van der Waals surface area contributed by atoms with Gasteiger partial charge in [-0.25, -0.2) is 9.97 Å². The Balaban J connectivity index is 1.31. The molecule has 124 valence electrons. The van der Waals surface area contributed by atoms with E-state index in [1.54, 1.807) is 6.26 Å². The molecule has 3 aromatic rings. The van der Waals surface area contributed by atoms with Gasteiger partial charge in [0.1, 0.15) is 6.26 Å². The number of benzene rings is 1. The maximum Gasteiger partial charge on any atom is 0.226 e. The van der Waals surface area contributed by atoms with Crippen LogP contribution in [0.2, 0.25) is 0 Å². The molecular weight excluding hydrogens is 318 g/mol. The highest BCUT2D eigenvalue weighted by molar-refractivity contribution is 7.11. The van der Waals surface area contributed by atoms with E-state index in [9.17, 15) is 0 Å². The first-order chi connectivity index (χ1) is 11.8. The van der Waals surface area contributed by atoms with Gasteiger partial charge >= 0.3 is 0 Å². The highest BCUT2D eigenvalue weighted by Crippen LogP contribution is 2.38. The summed E-state index contributed by atoms with van der Waals surface area (Å²) in [6.45, 7) is 3.60. The third kappa shape index (κ3) is 3.42. The fourth-order valence-electron chi connectivity index (χ4n) is 2.78. The average Bonchev–Trinajstić information content (AvgIpc) is 3.17. The summed E-state index contributed by atoms with van der Waals surface area (Å²) in [5, 5.41) is 4.73. The summed E-state index contributed by atoms with van der Waals surface area (Å²) in [4.78, 5) is 10.4. The van der Waals surface area contributed by atoms with Crippen LogP contribution in [-0.4, -0.2) is 9.97 Å². The van der Waals surface area contributed by atoms with Crippen molar-refractivity contribution in [3.63, 3.8) is 0 Å².